The summed E-state index contributed by atoms with van der Waals surface area (Å²) in [6, 6.07) is 4.54. The largest absolute Gasteiger partial charge is 0.367 e. The number of allylic oxidation sites excluding steroid dienone is 2. The number of rotatable bonds is 6. The van der Waals surface area contributed by atoms with Gasteiger partial charge in [-0.05, 0) is 61.5 Å². The number of hydrogen-bond donors (Lipinski definition) is 3. The summed E-state index contributed by atoms with van der Waals surface area (Å²) in [7, 11) is 0. The lowest BCUT2D eigenvalue weighted by atomic mass is 10.2. The Kier molecular flexibility index (Phi) is 4.14. The molecular weight excluding hydrogens is 361 g/mol. The summed E-state index contributed by atoms with van der Waals surface area (Å²) >= 11 is 0. The van der Waals surface area contributed by atoms with Crippen molar-refractivity contribution in [3.05, 3.63) is 48.8 Å². The van der Waals surface area contributed by atoms with Gasteiger partial charge in [-0.3, -0.25) is 5.01 Å². The molecule has 1 aliphatic heterocycles. The standard InChI is InChI=1S/C19H22FN7O/c20-19(7-8-19)17-25-18(26-28-17)24-14-4-3-13(11-14)23-16-6-5-15(12-21-16)27-10-2-1-9-22-27/h1-2,5-6,9-10,12-14,22H,3-4,7-8,11H2,(H,21,23)(H,24,26)/t13-,14-/m0/s1. The Hall–Kier alpha value is -3.10. The molecule has 3 aliphatic rings. The zero-order chi connectivity index (χ0) is 19.0. The first-order chi connectivity index (χ1) is 13.7. The van der Waals surface area contributed by atoms with Gasteiger partial charge < -0.3 is 20.6 Å². The fraction of sp³-hybridized carbons (Fsp3) is 0.421. The van der Waals surface area contributed by atoms with Crippen molar-refractivity contribution >= 4 is 17.5 Å². The van der Waals surface area contributed by atoms with E-state index >= 15 is 0 Å². The van der Waals surface area contributed by atoms with E-state index in [1.165, 1.54) is 0 Å². The Morgan fingerprint density at radius 1 is 1.18 bits per heavy atom. The monoisotopic (exact) mass is 383 g/mol. The van der Waals surface area contributed by atoms with E-state index < -0.39 is 5.67 Å². The minimum absolute atomic E-state index is 0.0977. The van der Waals surface area contributed by atoms with Gasteiger partial charge in [-0.2, -0.15) is 4.98 Å². The van der Waals surface area contributed by atoms with E-state index in [1.54, 1.807) is 0 Å². The highest BCUT2D eigenvalue weighted by Gasteiger charge is 2.50. The third-order valence-electron chi connectivity index (χ3n) is 5.30. The third kappa shape index (κ3) is 3.51. The van der Waals surface area contributed by atoms with Crippen LogP contribution in [0.3, 0.4) is 0 Å². The van der Waals surface area contributed by atoms with Crippen LogP contribution in [0.4, 0.5) is 21.8 Å². The molecule has 28 heavy (non-hydrogen) atoms. The van der Waals surface area contributed by atoms with E-state index in [4.69, 9.17) is 4.52 Å². The summed E-state index contributed by atoms with van der Waals surface area (Å²) in [5.74, 6) is 1.32. The maximum atomic E-state index is 14.0. The molecule has 3 heterocycles. The molecule has 2 aromatic heterocycles. The summed E-state index contributed by atoms with van der Waals surface area (Å²) < 4.78 is 19.0. The predicted octanol–water partition coefficient (Wildman–Crippen LogP) is 3.22. The first-order valence-electron chi connectivity index (χ1n) is 9.59. The minimum atomic E-state index is -1.39. The van der Waals surface area contributed by atoms with Crippen LogP contribution in [0.1, 0.15) is 38.0 Å². The van der Waals surface area contributed by atoms with Crippen molar-refractivity contribution < 1.29 is 8.91 Å². The molecule has 0 bridgehead atoms. The molecule has 2 fully saturated rings. The second-order valence-corrected chi connectivity index (χ2v) is 7.49. The van der Waals surface area contributed by atoms with Crippen LogP contribution in [0.25, 0.3) is 0 Å². The van der Waals surface area contributed by atoms with Crippen molar-refractivity contribution in [2.75, 3.05) is 15.6 Å². The molecule has 0 aromatic carbocycles. The van der Waals surface area contributed by atoms with E-state index in [2.05, 4.69) is 31.2 Å². The van der Waals surface area contributed by atoms with Crippen molar-refractivity contribution in [2.24, 2.45) is 0 Å². The Labute approximate surface area is 161 Å². The molecule has 8 nitrogen and oxygen atoms in total. The van der Waals surface area contributed by atoms with Crippen LogP contribution in [-0.2, 0) is 5.67 Å². The number of alkyl halides is 1. The Morgan fingerprint density at radius 3 is 2.75 bits per heavy atom. The molecule has 2 aliphatic carbocycles. The minimum Gasteiger partial charge on any atom is -0.367 e. The number of aromatic nitrogens is 3. The van der Waals surface area contributed by atoms with Crippen LogP contribution >= 0.6 is 0 Å². The van der Waals surface area contributed by atoms with E-state index in [0.717, 1.165) is 30.8 Å². The zero-order valence-corrected chi connectivity index (χ0v) is 15.3. The molecule has 2 atom stereocenters. The summed E-state index contributed by atoms with van der Waals surface area (Å²) in [6.07, 6.45) is 13.4. The highest BCUT2D eigenvalue weighted by Crippen LogP contribution is 2.48. The number of anilines is 3. The van der Waals surface area contributed by atoms with Gasteiger partial charge in [0.15, 0.2) is 5.67 Å². The molecule has 0 amide bonds. The molecule has 5 rings (SSSR count). The van der Waals surface area contributed by atoms with Gasteiger partial charge in [0.25, 0.3) is 11.8 Å². The average Bonchev–Trinajstić information content (AvgIpc) is 3.11. The lowest BCUT2D eigenvalue weighted by molar-refractivity contribution is 0.226. The molecule has 146 valence electrons. The van der Waals surface area contributed by atoms with Gasteiger partial charge in [-0.1, -0.05) is 0 Å². The number of pyridine rings is 1. The first kappa shape index (κ1) is 17.0. The number of nitrogens with zero attached hydrogens (tertiary/aromatic N) is 4. The van der Waals surface area contributed by atoms with Gasteiger partial charge in [0.05, 0.1) is 11.9 Å². The van der Waals surface area contributed by atoms with Gasteiger partial charge >= 0.3 is 0 Å². The van der Waals surface area contributed by atoms with Crippen molar-refractivity contribution in [3.63, 3.8) is 0 Å². The second-order valence-electron chi connectivity index (χ2n) is 7.49. The summed E-state index contributed by atoms with van der Waals surface area (Å²) in [4.78, 5) is 8.66. The molecule has 9 heteroatoms. The maximum absolute atomic E-state index is 14.0. The molecule has 0 spiro atoms. The molecule has 2 saturated carbocycles. The third-order valence-corrected chi connectivity index (χ3v) is 5.30. The van der Waals surface area contributed by atoms with Crippen LogP contribution in [0.15, 0.2) is 47.4 Å². The topological polar surface area (TPSA) is 91.1 Å². The summed E-state index contributed by atoms with van der Waals surface area (Å²) in [5.41, 5.74) is 2.70. The van der Waals surface area contributed by atoms with E-state index in [9.17, 15) is 4.39 Å². The molecule has 0 radical (unpaired) electrons. The first-order valence-corrected chi connectivity index (χ1v) is 9.59. The van der Waals surface area contributed by atoms with Crippen molar-refractivity contribution in [1.29, 1.82) is 0 Å². The number of nitrogens with one attached hydrogen (secondary N) is 3. The average molecular weight is 383 g/mol. The normalized spacial score (nSPS) is 24.8. The van der Waals surface area contributed by atoms with Gasteiger partial charge in [-0.15, -0.1) is 0 Å². The fourth-order valence-electron chi connectivity index (χ4n) is 3.56. The zero-order valence-electron chi connectivity index (χ0n) is 15.3. The molecule has 3 N–H and O–H groups in total. The highest BCUT2D eigenvalue weighted by atomic mass is 19.1. The maximum Gasteiger partial charge on any atom is 0.265 e. The van der Waals surface area contributed by atoms with Crippen LogP contribution < -0.4 is 21.1 Å². The Balaban J connectivity index is 1.14. The Morgan fingerprint density at radius 2 is 2.04 bits per heavy atom. The van der Waals surface area contributed by atoms with Crippen LogP contribution in [0, 0.1) is 0 Å². The van der Waals surface area contributed by atoms with E-state index in [-0.39, 0.29) is 11.9 Å². The van der Waals surface area contributed by atoms with Crippen LogP contribution in [0.5, 0.6) is 0 Å². The summed E-state index contributed by atoms with van der Waals surface area (Å²) in [6.45, 7) is 0. The second kappa shape index (κ2) is 6.81. The van der Waals surface area contributed by atoms with E-state index in [0.29, 0.717) is 24.8 Å². The van der Waals surface area contributed by atoms with Gasteiger partial charge in [-0.25, -0.2) is 9.37 Å². The highest BCUT2D eigenvalue weighted by molar-refractivity contribution is 5.52. The lowest BCUT2D eigenvalue weighted by Gasteiger charge is -2.22. The number of hydrogen-bond acceptors (Lipinski definition) is 8. The van der Waals surface area contributed by atoms with Gasteiger partial charge in [0.2, 0.25) is 0 Å². The van der Waals surface area contributed by atoms with Crippen molar-refractivity contribution in [2.45, 2.75) is 49.9 Å². The van der Waals surface area contributed by atoms with Gasteiger partial charge in [0, 0.05) is 24.5 Å². The quantitative estimate of drug-likeness (QED) is 0.700. The van der Waals surface area contributed by atoms with Crippen LogP contribution in [0.2, 0.25) is 0 Å². The molecular formula is C19H22FN7O. The predicted molar refractivity (Wildman–Crippen MR) is 103 cm³/mol. The number of hydrazine groups is 1. The lowest BCUT2D eigenvalue weighted by Crippen LogP contribution is -2.30. The van der Waals surface area contributed by atoms with Crippen molar-refractivity contribution in [3.8, 4) is 0 Å². The molecule has 0 saturated heterocycles. The number of halogens is 1. The molecule has 2 aromatic rings. The van der Waals surface area contributed by atoms with Crippen molar-refractivity contribution in [1.82, 2.24) is 20.6 Å². The van der Waals surface area contributed by atoms with Gasteiger partial charge in [0.1, 0.15) is 5.82 Å². The fourth-order valence-corrected chi connectivity index (χ4v) is 3.56. The SMILES string of the molecule is FC1(c2nc(N[C@H]3CC[C@H](Nc4ccc(N5C=CC=CN5)cn4)C3)no2)CC1. The smallest absolute Gasteiger partial charge is 0.265 e. The van der Waals surface area contributed by atoms with E-state index in [1.807, 2.05) is 47.9 Å². The van der Waals surface area contributed by atoms with Crippen LogP contribution in [-0.4, -0.2) is 27.2 Å². The summed E-state index contributed by atoms with van der Waals surface area (Å²) in [5, 5.41) is 12.5. The Bertz CT molecular complexity index is 890. The molecule has 0 unspecified atom stereocenters.